The van der Waals surface area contributed by atoms with Crippen molar-refractivity contribution in [3.05, 3.63) is 29.8 Å². The van der Waals surface area contributed by atoms with Crippen LogP contribution in [-0.2, 0) is 26.1 Å². The molecule has 0 saturated carbocycles. The number of hydroxylamine groups is 2. The molecule has 1 saturated heterocycles. The average molecular weight is 340 g/mol. The Morgan fingerprint density at radius 2 is 1.78 bits per heavy atom. The van der Waals surface area contributed by atoms with E-state index in [0.29, 0.717) is 30.8 Å². The Morgan fingerprint density at radius 1 is 1.17 bits per heavy atom. The molecule has 0 bridgehead atoms. The molecule has 0 spiro atoms. The molecule has 7 heteroatoms. The Hall–Kier alpha value is -1.44. The zero-order valence-electron chi connectivity index (χ0n) is 13.7. The first kappa shape index (κ1) is 17.9. The summed E-state index contributed by atoms with van der Waals surface area (Å²) in [5.74, 6) is -0.113. The van der Waals surface area contributed by atoms with Gasteiger partial charge in [0.25, 0.3) is 0 Å². The molecular formula is C16H24N2O4S. The molecule has 1 aromatic carbocycles. The van der Waals surface area contributed by atoms with E-state index in [9.17, 15) is 13.2 Å². The topological polar surface area (TPSA) is 66.9 Å². The summed E-state index contributed by atoms with van der Waals surface area (Å²) in [6, 6.07) is 6.81. The van der Waals surface area contributed by atoms with E-state index < -0.39 is 10.0 Å². The lowest BCUT2D eigenvalue weighted by Gasteiger charge is -2.25. The third-order valence-corrected chi connectivity index (χ3v) is 6.04. The summed E-state index contributed by atoms with van der Waals surface area (Å²) < 4.78 is 26.6. The normalized spacial score (nSPS) is 16.3. The van der Waals surface area contributed by atoms with Gasteiger partial charge >= 0.3 is 0 Å². The second-order valence-corrected chi connectivity index (χ2v) is 7.62. The van der Waals surface area contributed by atoms with Crippen LogP contribution in [0.3, 0.4) is 0 Å². The number of aryl methyl sites for hydroxylation is 1. The number of carbonyl (C=O) groups is 1. The Bertz CT molecular complexity index is 622. The predicted octanol–water partition coefficient (Wildman–Crippen LogP) is 1.81. The highest BCUT2D eigenvalue weighted by atomic mass is 32.2. The van der Waals surface area contributed by atoms with Gasteiger partial charge in [-0.05, 0) is 37.0 Å². The summed E-state index contributed by atoms with van der Waals surface area (Å²) in [7, 11) is -0.381. The average Bonchev–Trinajstić information content (AvgIpc) is 2.60. The van der Waals surface area contributed by atoms with E-state index in [1.54, 1.807) is 35.6 Å². The summed E-state index contributed by atoms with van der Waals surface area (Å²) in [5, 5.41) is 1.19. The fourth-order valence-electron chi connectivity index (χ4n) is 2.59. The van der Waals surface area contributed by atoms with Gasteiger partial charge in [0.05, 0.1) is 12.0 Å². The number of rotatable bonds is 6. The van der Waals surface area contributed by atoms with Gasteiger partial charge in [0.15, 0.2) is 0 Å². The lowest BCUT2D eigenvalue weighted by Crippen LogP contribution is -2.35. The van der Waals surface area contributed by atoms with Crippen LogP contribution in [0.25, 0.3) is 0 Å². The fraction of sp³-hybridized carbons (Fsp3) is 0.562. The van der Waals surface area contributed by atoms with E-state index in [0.717, 1.165) is 24.8 Å². The molecule has 23 heavy (non-hydrogen) atoms. The number of nitrogens with zero attached hydrogens (tertiary/aromatic N) is 2. The van der Waals surface area contributed by atoms with Crippen LogP contribution in [0, 0.1) is 0 Å². The van der Waals surface area contributed by atoms with Crippen molar-refractivity contribution in [1.82, 2.24) is 9.37 Å². The molecule has 0 radical (unpaired) electrons. The molecule has 1 fully saturated rings. The van der Waals surface area contributed by atoms with Crippen molar-refractivity contribution in [2.75, 3.05) is 27.2 Å². The molecule has 1 heterocycles. The lowest BCUT2D eigenvalue weighted by molar-refractivity contribution is -0.168. The molecule has 0 unspecified atom stereocenters. The minimum atomic E-state index is -3.39. The second-order valence-electron chi connectivity index (χ2n) is 5.68. The van der Waals surface area contributed by atoms with Gasteiger partial charge in [-0.1, -0.05) is 18.6 Å². The molecule has 0 N–H and O–H groups in total. The van der Waals surface area contributed by atoms with Crippen LogP contribution in [0.15, 0.2) is 29.2 Å². The maximum atomic E-state index is 12.5. The first-order valence-electron chi connectivity index (χ1n) is 7.85. The molecular weight excluding hydrogens is 316 g/mol. The fourth-order valence-corrected chi connectivity index (χ4v) is 4.11. The van der Waals surface area contributed by atoms with E-state index in [1.165, 1.54) is 12.2 Å². The third-order valence-electron chi connectivity index (χ3n) is 4.13. The molecule has 0 aliphatic carbocycles. The number of sulfonamides is 1. The Balaban J connectivity index is 2.00. The number of benzene rings is 1. The van der Waals surface area contributed by atoms with Crippen LogP contribution in [0.4, 0.5) is 0 Å². The van der Waals surface area contributed by atoms with Crippen molar-refractivity contribution in [2.24, 2.45) is 0 Å². The van der Waals surface area contributed by atoms with Crippen molar-refractivity contribution in [1.29, 1.82) is 0 Å². The maximum absolute atomic E-state index is 12.5. The van der Waals surface area contributed by atoms with Gasteiger partial charge in [0.2, 0.25) is 15.9 Å². The van der Waals surface area contributed by atoms with Crippen molar-refractivity contribution in [2.45, 2.75) is 37.0 Å². The summed E-state index contributed by atoms with van der Waals surface area (Å²) >= 11 is 0. The first-order chi connectivity index (χ1) is 10.9. The zero-order valence-corrected chi connectivity index (χ0v) is 14.5. The predicted molar refractivity (Wildman–Crippen MR) is 87.2 cm³/mol. The highest BCUT2D eigenvalue weighted by Crippen LogP contribution is 2.21. The van der Waals surface area contributed by atoms with Crippen molar-refractivity contribution in [3.8, 4) is 0 Å². The largest absolute Gasteiger partial charge is 0.275 e. The van der Waals surface area contributed by atoms with Gasteiger partial charge in [0, 0.05) is 26.6 Å². The molecule has 1 aliphatic heterocycles. The SMILES string of the molecule is CON(C)C(=O)CCc1ccc(S(=O)(=O)N2CCCCC2)cc1. The van der Waals surface area contributed by atoms with Crippen LogP contribution < -0.4 is 0 Å². The minimum absolute atomic E-state index is 0.113. The Kier molecular flexibility index (Phi) is 6.15. The Morgan fingerprint density at radius 3 is 2.35 bits per heavy atom. The van der Waals surface area contributed by atoms with Crippen LogP contribution in [0.1, 0.15) is 31.2 Å². The van der Waals surface area contributed by atoms with E-state index in [2.05, 4.69) is 0 Å². The maximum Gasteiger partial charge on any atom is 0.246 e. The van der Waals surface area contributed by atoms with Crippen LogP contribution in [0.2, 0.25) is 0 Å². The number of hydrogen-bond acceptors (Lipinski definition) is 4. The smallest absolute Gasteiger partial charge is 0.246 e. The quantitative estimate of drug-likeness (QED) is 0.741. The molecule has 1 aliphatic rings. The van der Waals surface area contributed by atoms with Crippen molar-refractivity contribution in [3.63, 3.8) is 0 Å². The van der Waals surface area contributed by atoms with Crippen LogP contribution in [0.5, 0.6) is 0 Å². The molecule has 1 amide bonds. The molecule has 1 aromatic rings. The molecule has 128 valence electrons. The Labute approximate surface area is 138 Å². The van der Waals surface area contributed by atoms with Crippen LogP contribution in [-0.4, -0.2) is 50.9 Å². The number of hydrogen-bond donors (Lipinski definition) is 0. The summed E-state index contributed by atoms with van der Waals surface area (Å²) in [6.45, 7) is 1.20. The highest BCUT2D eigenvalue weighted by Gasteiger charge is 2.25. The minimum Gasteiger partial charge on any atom is -0.275 e. The molecule has 2 rings (SSSR count). The van der Waals surface area contributed by atoms with Crippen molar-refractivity contribution >= 4 is 15.9 Å². The zero-order chi connectivity index (χ0) is 16.9. The first-order valence-corrected chi connectivity index (χ1v) is 9.29. The monoisotopic (exact) mass is 340 g/mol. The van der Waals surface area contributed by atoms with Gasteiger partial charge < -0.3 is 0 Å². The van der Waals surface area contributed by atoms with E-state index in [-0.39, 0.29) is 5.91 Å². The van der Waals surface area contributed by atoms with Gasteiger partial charge in [0.1, 0.15) is 0 Å². The van der Waals surface area contributed by atoms with Gasteiger partial charge in [-0.15, -0.1) is 0 Å². The second kappa shape index (κ2) is 7.90. The van der Waals surface area contributed by atoms with Crippen molar-refractivity contribution < 1.29 is 18.0 Å². The van der Waals surface area contributed by atoms with E-state index in [1.807, 2.05) is 0 Å². The molecule has 6 nitrogen and oxygen atoms in total. The number of piperidine rings is 1. The standard InChI is InChI=1S/C16H24N2O4S/c1-17(22-2)16(19)11-8-14-6-9-15(10-7-14)23(20,21)18-12-4-3-5-13-18/h6-7,9-10H,3-5,8,11-13H2,1-2H3. The summed E-state index contributed by atoms with van der Waals surface area (Å²) in [5.41, 5.74) is 0.931. The molecule has 0 aromatic heterocycles. The highest BCUT2D eigenvalue weighted by molar-refractivity contribution is 7.89. The summed E-state index contributed by atoms with van der Waals surface area (Å²) in [6.07, 6.45) is 3.81. The number of amides is 1. The van der Waals surface area contributed by atoms with E-state index >= 15 is 0 Å². The van der Waals surface area contributed by atoms with Gasteiger partial charge in [-0.2, -0.15) is 4.31 Å². The third kappa shape index (κ3) is 4.53. The van der Waals surface area contributed by atoms with Gasteiger partial charge in [-0.25, -0.2) is 13.5 Å². The molecule has 0 atom stereocenters. The van der Waals surface area contributed by atoms with Gasteiger partial charge in [-0.3, -0.25) is 9.63 Å². The lowest BCUT2D eigenvalue weighted by atomic mass is 10.1. The summed E-state index contributed by atoms with van der Waals surface area (Å²) in [4.78, 5) is 16.8. The van der Waals surface area contributed by atoms with E-state index in [4.69, 9.17) is 4.84 Å². The van der Waals surface area contributed by atoms with Crippen LogP contribution >= 0.6 is 0 Å². The number of carbonyl (C=O) groups excluding carboxylic acids is 1.